The SMILES string of the molecule is CCNC(CC1CCCCC1)C1CN(C(C)C)CCO1. The third-order valence-electron chi connectivity index (χ3n) is 5.08. The van der Waals surface area contributed by atoms with E-state index in [2.05, 4.69) is 31.0 Å². The van der Waals surface area contributed by atoms with E-state index in [1.165, 1.54) is 38.5 Å². The highest BCUT2D eigenvalue weighted by molar-refractivity contribution is 4.86. The first-order chi connectivity index (χ1) is 9.70. The van der Waals surface area contributed by atoms with Crippen LogP contribution in [0.4, 0.5) is 0 Å². The first-order valence-electron chi connectivity index (χ1n) is 8.79. The fraction of sp³-hybridized carbons (Fsp3) is 1.00. The third-order valence-corrected chi connectivity index (χ3v) is 5.08. The van der Waals surface area contributed by atoms with Gasteiger partial charge in [-0.05, 0) is 32.7 Å². The number of likely N-dealkylation sites (N-methyl/N-ethyl adjacent to an activating group) is 1. The topological polar surface area (TPSA) is 24.5 Å². The van der Waals surface area contributed by atoms with Gasteiger partial charge in [-0.15, -0.1) is 0 Å². The van der Waals surface area contributed by atoms with Crippen LogP contribution in [0.15, 0.2) is 0 Å². The van der Waals surface area contributed by atoms with Crippen LogP contribution in [0.3, 0.4) is 0 Å². The maximum Gasteiger partial charge on any atom is 0.0855 e. The molecule has 0 aromatic heterocycles. The molecule has 0 aromatic carbocycles. The van der Waals surface area contributed by atoms with Crippen LogP contribution in [0.5, 0.6) is 0 Å². The van der Waals surface area contributed by atoms with Gasteiger partial charge in [0, 0.05) is 25.2 Å². The maximum absolute atomic E-state index is 6.11. The number of nitrogens with one attached hydrogen (secondary N) is 1. The van der Waals surface area contributed by atoms with E-state index in [1.807, 2.05) is 0 Å². The number of nitrogens with zero attached hydrogens (tertiary/aromatic N) is 1. The predicted octanol–water partition coefficient (Wildman–Crippen LogP) is 3.04. The lowest BCUT2D eigenvalue weighted by molar-refractivity contribution is -0.0590. The average molecular weight is 282 g/mol. The zero-order valence-corrected chi connectivity index (χ0v) is 13.7. The van der Waals surface area contributed by atoms with Crippen molar-refractivity contribution in [2.24, 2.45) is 5.92 Å². The van der Waals surface area contributed by atoms with E-state index in [9.17, 15) is 0 Å². The van der Waals surface area contributed by atoms with Gasteiger partial charge in [-0.3, -0.25) is 4.90 Å². The molecule has 2 aliphatic rings. The molecule has 2 rings (SSSR count). The minimum atomic E-state index is 0.382. The van der Waals surface area contributed by atoms with Gasteiger partial charge in [0.2, 0.25) is 0 Å². The van der Waals surface area contributed by atoms with Crippen LogP contribution in [0.1, 0.15) is 59.3 Å². The summed E-state index contributed by atoms with van der Waals surface area (Å²) in [5.41, 5.74) is 0. The lowest BCUT2D eigenvalue weighted by Gasteiger charge is -2.40. The van der Waals surface area contributed by atoms with Crippen LogP contribution in [-0.2, 0) is 4.74 Å². The van der Waals surface area contributed by atoms with Crippen LogP contribution < -0.4 is 5.32 Å². The van der Waals surface area contributed by atoms with Crippen LogP contribution >= 0.6 is 0 Å². The van der Waals surface area contributed by atoms with Crippen LogP contribution in [0, 0.1) is 5.92 Å². The molecule has 2 atom stereocenters. The van der Waals surface area contributed by atoms with E-state index in [0.717, 1.165) is 32.2 Å². The Hall–Kier alpha value is -0.120. The summed E-state index contributed by atoms with van der Waals surface area (Å²) < 4.78 is 6.11. The molecule has 0 aromatic rings. The third kappa shape index (κ3) is 4.71. The Morgan fingerprint density at radius 3 is 2.60 bits per heavy atom. The van der Waals surface area contributed by atoms with Crippen molar-refractivity contribution in [2.45, 2.75) is 77.5 Å². The van der Waals surface area contributed by atoms with Gasteiger partial charge in [0.05, 0.1) is 12.7 Å². The number of morpholine rings is 1. The molecule has 20 heavy (non-hydrogen) atoms. The Kier molecular flexibility index (Phi) is 6.79. The monoisotopic (exact) mass is 282 g/mol. The number of rotatable bonds is 6. The smallest absolute Gasteiger partial charge is 0.0855 e. The van der Waals surface area contributed by atoms with Gasteiger partial charge in [-0.1, -0.05) is 39.0 Å². The molecule has 2 fully saturated rings. The molecule has 1 heterocycles. The highest BCUT2D eigenvalue weighted by Gasteiger charge is 2.30. The molecule has 0 amide bonds. The molecule has 1 aliphatic heterocycles. The van der Waals surface area contributed by atoms with Crippen molar-refractivity contribution < 1.29 is 4.74 Å². The van der Waals surface area contributed by atoms with E-state index in [0.29, 0.717) is 18.2 Å². The largest absolute Gasteiger partial charge is 0.374 e. The second kappa shape index (κ2) is 8.35. The zero-order valence-electron chi connectivity index (χ0n) is 13.7. The molecule has 3 nitrogen and oxygen atoms in total. The summed E-state index contributed by atoms with van der Waals surface area (Å²) in [5, 5.41) is 3.71. The molecule has 1 saturated carbocycles. The summed E-state index contributed by atoms with van der Waals surface area (Å²) >= 11 is 0. The lowest BCUT2D eigenvalue weighted by Crippen LogP contribution is -2.54. The molecular weight excluding hydrogens is 248 g/mol. The zero-order chi connectivity index (χ0) is 14.4. The molecule has 118 valence electrons. The highest BCUT2D eigenvalue weighted by atomic mass is 16.5. The average Bonchev–Trinajstić information content (AvgIpc) is 2.48. The summed E-state index contributed by atoms with van der Waals surface area (Å²) in [5.74, 6) is 0.922. The lowest BCUT2D eigenvalue weighted by atomic mass is 9.83. The summed E-state index contributed by atoms with van der Waals surface area (Å²) in [4.78, 5) is 2.57. The van der Waals surface area contributed by atoms with Gasteiger partial charge in [-0.2, -0.15) is 0 Å². The summed E-state index contributed by atoms with van der Waals surface area (Å²) in [7, 11) is 0. The molecule has 2 unspecified atom stereocenters. The van der Waals surface area contributed by atoms with Gasteiger partial charge in [0.25, 0.3) is 0 Å². The number of hydrogen-bond acceptors (Lipinski definition) is 3. The quantitative estimate of drug-likeness (QED) is 0.810. The van der Waals surface area contributed by atoms with Crippen molar-refractivity contribution in [3.63, 3.8) is 0 Å². The number of hydrogen-bond donors (Lipinski definition) is 1. The van der Waals surface area contributed by atoms with Crippen LogP contribution in [0.25, 0.3) is 0 Å². The van der Waals surface area contributed by atoms with Crippen molar-refractivity contribution >= 4 is 0 Å². The molecule has 0 bridgehead atoms. The van der Waals surface area contributed by atoms with E-state index in [1.54, 1.807) is 0 Å². The standard InChI is InChI=1S/C17H34N2O/c1-4-18-16(12-15-8-6-5-7-9-15)17-13-19(14(2)3)10-11-20-17/h14-18H,4-13H2,1-3H3. The van der Waals surface area contributed by atoms with Crippen molar-refractivity contribution in [2.75, 3.05) is 26.2 Å². The fourth-order valence-corrected chi connectivity index (χ4v) is 3.82. The Morgan fingerprint density at radius 1 is 1.20 bits per heavy atom. The maximum atomic E-state index is 6.11. The fourth-order valence-electron chi connectivity index (χ4n) is 3.82. The van der Waals surface area contributed by atoms with E-state index in [-0.39, 0.29) is 0 Å². The van der Waals surface area contributed by atoms with Crippen molar-refractivity contribution in [3.05, 3.63) is 0 Å². The van der Waals surface area contributed by atoms with E-state index in [4.69, 9.17) is 4.74 Å². The van der Waals surface area contributed by atoms with E-state index < -0.39 is 0 Å². The van der Waals surface area contributed by atoms with Crippen molar-refractivity contribution in [1.29, 1.82) is 0 Å². The molecular formula is C17H34N2O. The number of ether oxygens (including phenoxy) is 1. The Morgan fingerprint density at radius 2 is 1.95 bits per heavy atom. The summed E-state index contributed by atoms with van der Waals surface area (Å²) in [6, 6.07) is 1.18. The van der Waals surface area contributed by atoms with Gasteiger partial charge in [-0.25, -0.2) is 0 Å². The van der Waals surface area contributed by atoms with Gasteiger partial charge >= 0.3 is 0 Å². The normalized spacial score (nSPS) is 27.9. The first kappa shape index (κ1) is 16.3. The molecule has 1 saturated heterocycles. The summed E-state index contributed by atoms with van der Waals surface area (Å²) in [6.45, 7) is 11.0. The molecule has 3 heteroatoms. The molecule has 0 radical (unpaired) electrons. The summed E-state index contributed by atoms with van der Waals surface area (Å²) in [6.07, 6.45) is 8.88. The Labute approximate surface area is 125 Å². The second-order valence-electron chi connectivity index (χ2n) is 6.90. The Balaban J connectivity index is 1.88. The second-order valence-corrected chi connectivity index (χ2v) is 6.90. The van der Waals surface area contributed by atoms with Crippen LogP contribution in [-0.4, -0.2) is 49.3 Å². The minimum Gasteiger partial charge on any atom is -0.374 e. The first-order valence-corrected chi connectivity index (χ1v) is 8.79. The van der Waals surface area contributed by atoms with Crippen LogP contribution in [0.2, 0.25) is 0 Å². The van der Waals surface area contributed by atoms with Crippen molar-refractivity contribution in [3.8, 4) is 0 Å². The van der Waals surface area contributed by atoms with E-state index >= 15 is 0 Å². The van der Waals surface area contributed by atoms with Gasteiger partial charge in [0.15, 0.2) is 0 Å². The van der Waals surface area contributed by atoms with Gasteiger partial charge < -0.3 is 10.1 Å². The minimum absolute atomic E-state index is 0.382. The molecule has 0 spiro atoms. The van der Waals surface area contributed by atoms with Crippen molar-refractivity contribution in [1.82, 2.24) is 10.2 Å². The Bertz CT molecular complexity index is 264. The molecule has 1 aliphatic carbocycles. The predicted molar refractivity (Wildman–Crippen MR) is 85.1 cm³/mol. The van der Waals surface area contributed by atoms with Gasteiger partial charge in [0.1, 0.15) is 0 Å². The molecule has 1 N–H and O–H groups in total. The highest BCUT2D eigenvalue weighted by Crippen LogP contribution is 2.29.